The van der Waals surface area contributed by atoms with Gasteiger partial charge in [0.2, 0.25) is 0 Å². The highest BCUT2D eigenvalue weighted by Gasteiger charge is 2.20. The van der Waals surface area contributed by atoms with Crippen molar-refractivity contribution in [3.8, 4) is 0 Å². The molecule has 266 valence electrons. The second-order valence-corrected chi connectivity index (χ2v) is 14.1. The number of para-hydroxylation sites is 2. The van der Waals surface area contributed by atoms with Crippen molar-refractivity contribution in [2.24, 2.45) is 0 Å². The van der Waals surface area contributed by atoms with Crippen LogP contribution in [0.25, 0.3) is 65.4 Å². The summed E-state index contributed by atoms with van der Waals surface area (Å²) in [7, 11) is 0. The highest BCUT2D eigenvalue weighted by atomic mass is 19.1. The molecule has 2 aromatic heterocycles. The Hall–Kier alpha value is -7.44. The van der Waals surface area contributed by atoms with Crippen molar-refractivity contribution >= 4 is 99.5 Å². The fourth-order valence-electron chi connectivity index (χ4n) is 8.08. The molecule has 0 unspecified atom stereocenters. The molecule has 0 spiro atoms. The van der Waals surface area contributed by atoms with Gasteiger partial charge in [-0.25, -0.2) is 8.78 Å². The minimum atomic E-state index is -0.293. The minimum absolute atomic E-state index is 0.293. The zero-order valence-corrected chi connectivity index (χ0v) is 29.8. The normalized spacial score (nSPS) is 11.8. The van der Waals surface area contributed by atoms with Crippen LogP contribution in [0.3, 0.4) is 0 Å². The van der Waals surface area contributed by atoms with Crippen LogP contribution in [-0.4, -0.2) is 0 Å². The maximum atomic E-state index is 14.5. The molecule has 6 heteroatoms. The molecule has 0 bridgehead atoms. The molecule has 0 saturated heterocycles. The third-order valence-corrected chi connectivity index (χ3v) is 10.6. The molecule has 0 saturated carbocycles. The molecule has 0 atom stereocenters. The second-order valence-electron chi connectivity index (χ2n) is 14.1. The summed E-state index contributed by atoms with van der Waals surface area (Å²) in [5.74, 6) is -0.586. The second kappa shape index (κ2) is 12.6. The van der Waals surface area contributed by atoms with E-state index in [9.17, 15) is 8.78 Å². The van der Waals surface area contributed by atoms with Crippen molar-refractivity contribution < 1.29 is 17.6 Å². The zero-order chi connectivity index (χ0) is 37.3. The third kappa shape index (κ3) is 5.26. The van der Waals surface area contributed by atoms with E-state index in [0.29, 0.717) is 11.2 Å². The number of nitrogens with zero attached hydrogens (tertiary/aromatic N) is 2. The van der Waals surface area contributed by atoms with E-state index in [-0.39, 0.29) is 11.6 Å². The van der Waals surface area contributed by atoms with Crippen LogP contribution in [-0.2, 0) is 0 Å². The molecule has 0 N–H and O–H groups in total. The van der Waals surface area contributed by atoms with E-state index in [2.05, 4.69) is 82.6 Å². The first-order chi connectivity index (χ1) is 27.5. The van der Waals surface area contributed by atoms with Crippen LogP contribution in [0.5, 0.6) is 0 Å². The number of rotatable bonds is 6. The standard InChI is InChI=1S/C50H30F2N2O2/c51-35-9-7-15-39(29-35)53(37-11-3-1-4-12-37)41-19-17-31-25-45-43-21-22-44-46-26-32-18-20-42(54(38-13-5-2-6-14-38)40-16-8-10-36(52)30-40)24-34(32)28-48(46)56-50(44)49(43)55-47(45)27-33(31)23-41/h1-30H. The van der Waals surface area contributed by atoms with Gasteiger partial charge in [0, 0.05) is 55.7 Å². The molecule has 0 aliphatic carbocycles. The fraction of sp³-hybridized carbons (Fsp3) is 0. The Morgan fingerprint density at radius 1 is 0.304 bits per heavy atom. The topological polar surface area (TPSA) is 32.8 Å². The summed E-state index contributed by atoms with van der Waals surface area (Å²) in [5.41, 5.74) is 8.03. The molecule has 11 rings (SSSR count). The lowest BCUT2D eigenvalue weighted by atomic mass is 10.0. The molecule has 4 nitrogen and oxygen atoms in total. The van der Waals surface area contributed by atoms with Gasteiger partial charge in [0.1, 0.15) is 22.8 Å². The number of fused-ring (bicyclic) bond motifs is 9. The summed E-state index contributed by atoms with van der Waals surface area (Å²) in [5, 5.41) is 8.07. The Balaban J connectivity index is 1.03. The molecule has 11 aromatic rings. The lowest BCUT2D eigenvalue weighted by molar-refractivity contribution is 0.627. The SMILES string of the molecule is Fc1cccc(N(c2ccccc2)c2ccc3cc4c(cc3c2)oc2c4ccc3c4cc5ccc(N(c6ccccc6)c6cccc(F)c6)cc5cc4oc32)c1. The molecular formula is C50H30F2N2O2. The summed E-state index contributed by atoms with van der Waals surface area (Å²) >= 11 is 0. The number of anilines is 6. The van der Waals surface area contributed by atoms with E-state index >= 15 is 0 Å². The Kier molecular flexibility index (Phi) is 7.19. The fourth-order valence-corrected chi connectivity index (χ4v) is 8.08. The lowest BCUT2D eigenvalue weighted by Crippen LogP contribution is -2.09. The summed E-state index contributed by atoms with van der Waals surface area (Å²) in [6, 6.07) is 58.5. The van der Waals surface area contributed by atoms with Gasteiger partial charge in [-0.15, -0.1) is 0 Å². The molecular weight excluding hydrogens is 699 g/mol. The average Bonchev–Trinajstić information content (AvgIpc) is 3.77. The van der Waals surface area contributed by atoms with Crippen LogP contribution >= 0.6 is 0 Å². The van der Waals surface area contributed by atoms with Gasteiger partial charge < -0.3 is 18.6 Å². The van der Waals surface area contributed by atoms with Gasteiger partial charge in [-0.3, -0.25) is 0 Å². The van der Waals surface area contributed by atoms with Gasteiger partial charge in [0.15, 0.2) is 11.2 Å². The van der Waals surface area contributed by atoms with E-state index in [1.54, 1.807) is 24.3 Å². The smallest absolute Gasteiger partial charge is 0.178 e. The monoisotopic (exact) mass is 728 g/mol. The number of hydrogen-bond donors (Lipinski definition) is 0. The van der Waals surface area contributed by atoms with Crippen LogP contribution < -0.4 is 9.80 Å². The number of halogens is 2. The molecule has 0 amide bonds. The zero-order valence-electron chi connectivity index (χ0n) is 29.8. The predicted molar refractivity (Wildman–Crippen MR) is 225 cm³/mol. The Labute approximate surface area is 319 Å². The van der Waals surface area contributed by atoms with Gasteiger partial charge in [0.05, 0.1) is 0 Å². The maximum absolute atomic E-state index is 14.5. The first-order valence-corrected chi connectivity index (χ1v) is 18.4. The minimum Gasteiger partial charge on any atom is -0.452 e. The van der Waals surface area contributed by atoms with E-state index in [4.69, 9.17) is 8.83 Å². The Bertz CT molecular complexity index is 3080. The quantitative estimate of drug-likeness (QED) is 0.171. The van der Waals surface area contributed by atoms with Crippen molar-refractivity contribution in [1.29, 1.82) is 0 Å². The number of benzene rings is 9. The summed E-state index contributed by atoms with van der Waals surface area (Å²) in [6.45, 7) is 0. The van der Waals surface area contributed by atoms with Crippen LogP contribution in [0.15, 0.2) is 191 Å². The van der Waals surface area contributed by atoms with Crippen molar-refractivity contribution in [2.75, 3.05) is 9.80 Å². The van der Waals surface area contributed by atoms with Crippen LogP contribution in [0, 0.1) is 11.6 Å². The summed E-state index contributed by atoms with van der Waals surface area (Å²) in [4.78, 5) is 4.10. The molecule has 0 fully saturated rings. The molecule has 0 radical (unpaired) electrons. The number of hydrogen-bond acceptors (Lipinski definition) is 4. The van der Waals surface area contributed by atoms with Crippen molar-refractivity contribution in [3.63, 3.8) is 0 Å². The Morgan fingerprint density at radius 3 is 1.14 bits per heavy atom. The predicted octanol–water partition coefficient (Wildman–Crippen LogP) is 15.0. The van der Waals surface area contributed by atoms with E-state index in [1.807, 2.05) is 72.8 Å². The lowest BCUT2D eigenvalue weighted by Gasteiger charge is -2.25. The van der Waals surface area contributed by atoms with Crippen molar-refractivity contribution in [2.45, 2.75) is 0 Å². The van der Waals surface area contributed by atoms with Crippen LogP contribution in [0.2, 0.25) is 0 Å². The van der Waals surface area contributed by atoms with Crippen LogP contribution in [0.4, 0.5) is 42.9 Å². The van der Waals surface area contributed by atoms with Gasteiger partial charge in [0.25, 0.3) is 0 Å². The highest BCUT2D eigenvalue weighted by molar-refractivity contribution is 6.21. The van der Waals surface area contributed by atoms with E-state index < -0.39 is 0 Å². The Morgan fingerprint density at radius 2 is 0.714 bits per heavy atom. The molecule has 0 aliphatic heterocycles. The molecule has 9 aromatic carbocycles. The first kappa shape index (κ1) is 32.0. The van der Waals surface area contributed by atoms with Gasteiger partial charge in [-0.1, -0.05) is 60.7 Å². The van der Waals surface area contributed by atoms with Crippen molar-refractivity contribution in [3.05, 3.63) is 194 Å². The molecule has 56 heavy (non-hydrogen) atoms. The largest absolute Gasteiger partial charge is 0.452 e. The van der Waals surface area contributed by atoms with E-state index in [1.165, 1.54) is 12.1 Å². The summed E-state index contributed by atoms with van der Waals surface area (Å²) in [6.07, 6.45) is 0. The van der Waals surface area contributed by atoms with Gasteiger partial charge in [-0.2, -0.15) is 0 Å². The third-order valence-electron chi connectivity index (χ3n) is 10.6. The summed E-state index contributed by atoms with van der Waals surface area (Å²) < 4.78 is 42.2. The van der Waals surface area contributed by atoms with Gasteiger partial charge >= 0.3 is 0 Å². The van der Waals surface area contributed by atoms with Crippen LogP contribution in [0.1, 0.15) is 0 Å². The number of furan rings is 2. The molecule has 0 aliphatic rings. The van der Waals surface area contributed by atoms with Crippen molar-refractivity contribution in [1.82, 2.24) is 0 Å². The first-order valence-electron chi connectivity index (χ1n) is 18.4. The average molecular weight is 729 g/mol. The highest BCUT2D eigenvalue weighted by Crippen LogP contribution is 2.43. The van der Waals surface area contributed by atoms with Gasteiger partial charge in [-0.05, 0) is 143 Å². The van der Waals surface area contributed by atoms with E-state index in [0.717, 1.165) is 88.4 Å². The molecule has 2 heterocycles. The maximum Gasteiger partial charge on any atom is 0.178 e.